The van der Waals surface area contributed by atoms with Crippen LogP contribution in [-0.4, -0.2) is 23.7 Å². The third kappa shape index (κ3) is 4.40. The highest BCUT2D eigenvalue weighted by Gasteiger charge is 2.47. The van der Waals surface area contributed by atoms with Gasteiger partial charge in [0.2, 0.25) is 0 Å². The first-order valence-corrected chi connectivity index (χ1v) is 7.28. The van der Waals surface area contributed by atoms with Crippen LogP contribution in [0.15, 0.2) is 24.3 Å². The molecule has 0 aromatic carbocycles. The summed E-state index contributed by atoms with van der Waals surface area (Å²) in [5.41, 5.74) is 0.842. The van der Waals surface area contributed by atoms with E-state index in [0.717, 1.165) is 5.57 Å². The van der Waals surface area contributed by atoms with Crippen molar-refractivity contribution in [3.63, 3.8) is 0 Å². The topological polar surface area (TPSA) is 55.8 Å². The lowest BCUT2D eigenvalue weighted by Crippen LogP contribution is -2.28. The molecule has 0 heterocycles. The smallest absolute Gasteiger partial charge is 0.366 e. The first-order valence-electron chi connectivity index (χ1n) is 5.73. The van der Waals surface area contributed by atoms with E-state index in [9.17, 15) is 9.67 Å². The van der Waals surface area contributed by atoms with Gasteiger partial charge in [0.15, 0.2) is 5.34 Å². The van der Waals surface area contributed by atoms with Gasteiger partial charge in [-0.05, 0) is 33.8 Å². The van der Waals surface area contributed by atoms with Gasteiger partial charge in [0.1, 0.15) is 0 Å². The molecule has 0 spiro atoms. The van der Waals surface area contributed by atoms with Gasteiger partial charge in [-0.1, -0.05) is 11.6 Å². The number of allylic oxidation sites excluding steroid dienone is 1. The van der Waals surface area contributed by atoms with Crippen molar-refractivity contribution in [1.82, 2.24) is 0 Å². The van der Waals surface area contributed by atoms with Crippen molar-refractivity contribution in [1.29, 1.82) is 0 Å². The Bertz CT molecular complexity index is 310. The number of hydrogen-bond donors (Lipinski definition) is 1. The lowest BCUT2D eigenvalue weighted by atomic mass is 10.2. The van der Waals surface area contributed by atoms with E-state index in [1.54, 1.807) is 13.8 Å². The molecule has 5 heteroatoms. The van der Waals surface area contributed by atoms with Crippen molar-refractivity contribution >= 4 is 7.60 Å². The normalized spacial score (nSPS) is 15.1. The Hall–Kier alpha value is -0.410. The van der Waals surface area contributed by atoms with E-state index < -0.39 is 12.9 Å². The summed E-state index contributed by atoms with van der Waals surface area (Å²) in [4.78, 5) is 0. The summed E-state index contributed by atoms with van der Waals surface area (Å²) < 4.78 is 22.9. The van der Waals surface area contributed by atoms with Gasteiger partial charge in [-0.2, -0.15) is 0 Å². The molecule has 100 valence electrons. The van der Waals surface area contributed by atoms with Gasteiger partial charge < -0.3 is 14.2 Å². The molecule has 0 radical (unpaired) electrons. The van der Waals surface area contributed by atoms with Crippen LogP contribution >= 0.6 is 7.60 Å². The molecular formula is C12H23O4P. The standard InChI is InChI=1S/C12H23O4P/c1-6-9-12(13,10-11(4)5)17(14,15-7-2)16-8-3/h6,10,13H,1,7-9H2,2-5H3. The molecule has 0 fully saturated rings. The lowest BCUT2D eigenvalue weighted by molar-refractivity contribution is 0.104. The molecule has 0 aromatic rings. The van der Waals surface area contributed by atoms with Crippen LogP contribution in [0.1, 0.15) is 34.1 Å². The highest BCUT2D eigenvalue weighted by atomic mass is 31.2. The minimum Gasteiger partial charge on any atom is -0.373 e. The average Bonchev–Trinajstić information content (AvgIpc) is 2.17. The summed E-state index contributed by atoms with van der Waals surface area (Å²) in [5, 5.41) is 8.86. The molecular weight excluding hydrogens is 239 g/mol. The second kappa shape index (κ2) is 7.12. The lowest BCUT2D eigenvalue weighted by Gasteiger charge is -2.31. The van der Waals surface area contributed by atoms with Gasteiger partial charge in [-0.3, -0.25) is 4.57 Å². The molecule has 0 saturated heterocycles. The van der Waals surface area contributed by atoms with Crippen molar-refractivity contribution in [3.05, 3.63) is 24.3 Å². The van der Waals surface area contributed by atoms with Crippen molar-refractivity contribution in [2.45, 2.75) is 39.5 Å². The first-order chi connectivity index (χ1) is 7.85. The SMILES string of the molecule is C=CCC(O)(C=C(C)C)P(=O)(OCC)OCC. The predicted molar refractivity (Wildman–Crippen MR) is 70.1 cm³/mol. The van der Waals surface area contributed by atoms with Crippen LogP contribution in [0.2, 0.25) is 0 Å². The molecule has 17 heavy (non-hydrogen) atoms. The largest absolute Gasteiger partial charge is 0.373 e. The van der Waals surface area contributed by atoms with E-state index in [4.69, 9.17) is 9.05 Å². The molecule has 0 amide bonds. The Morgan fingerprint density at radius 3 is 2.12 bits per heavy atom. The highest BCUT2D eigenvalue weighted by molar-refractivity contribution is 7.55. The van der Waals surface area contributed by atoms with Crippen molar-refractivity contribution in [2.75, 3.05) is 13.2 Å². The van der Waals surface area contributed by atoms with Crippen LogP contribution in [0.3, 0.4) is 0 Å². The summed E-state index contributed by atoms with van der Waals surface area (Å²) in [6, 6.07) is 0. The van der Waals surface area contributed by atoms with Gasteiger partial charge in [-0.25, -0.2) is 0 Å². The van der Waals surface area contributed by atoms with E-state index in [1.165, 1.54) is 12.2 Å². The third-order valence-electron chi connectivity index (χ3n) is 2.04. The van der Waals surface area contributed by atoms with E-state index in [2.05, 4.69) is 6.58 Å². The molecule has 1 N–H and O–H groups in total. The van der Waals surface area contributed by atoms with Gasteiger partial charge in [-0.15, -0.1) is 6.58 Å². The van der Waals surface area contributed by atoms with E-state index in [-0.39, 0.29) is 19.6 Å². The zero-order valence-corrected chi connectivity index (χ0v) is 12.0. The van der Waals surface area contributed by atoms with Crippen molar-refractivity contribution in [2.24, 2.45) is 0 Å². The van der Waals surface area contributed by atoms with Crippen molar-refractivity contribution < 1.29 is 18.7 Å². The fourth-order valence-electron chi connectivity index (χ4n) is 1.53. The third-order valence-corrected chi connectivity index (χ3v) is 4.49. The average molecular weight is 262 g/mol. The van der Waals surface area contributed by atoms with Gasteiger partial charge in [0.25, 0.3) is 0 Å². The molecule has 4 nitrogen and oxygen atoms in total. The number of rotatable bonds is 8. The van der Waals surface area contributed by atoms with Gasteiger partial charge in [0.05, 0.1) is 13.2 Å². The maximum Gasteiger partial charge on any atom is 0.366 e. The molecule has 0 aliphatic rings. The Balaban J connectivity index is 5.43. The predicted octanol–water partition coefficient (Wildman–Crippen LogP) is 3.48. The van der Waals surface area contributed by atoms with Crippen LogP contribution in [0, 0.1) is 0 Å². The number of aliphatic hydroxyl groups is 1. The molecule has 0 aliphatic carbocycles. The van der Waals surface area contributed by atoms with Crippen molar-refractivity contribution in [3.8, 4) is 0 Å². The van der Waals surface area contributed by atoms with Crippen LogP contribution in [0.25, 0.3) is 0 Å². The van der Waals surface area contributed by atoms with E-state index in [1.807, 2.05) is 13.8 Å². The maximum absolute atomic E-state index is 12.6. The summed E-state index contributed by atoms with van der Waals surface area (Å²) in [6.07, 6.45) is 3.14. The minimum absolute atomic E-state index is 0.120. The Morgan fingerprint density at radius 2 is 1.82 bits per heavy atom. The van der Waals surface area contributed by atoms with E-state index in [0.29, 0.717) is 0 Å². The van der Waals surface area contributed by atoms with E-state index >= 15 is 0 Å². The minimum atomic E-state index is -3.60. The quantitative estimate of drug-likeness (QED) is 0.537. The van der Waals surface area contributed by atoms with Crippen LogP contribution < -0.4 is 0 Å². The molecule has 1 atom stereocenters. The monoisotopic (exact) mass is 262 g/mol. The summed E-state index contributed by atoms with van der Waals surface area (Å²) in [7, 11) is -3.60. The fraction of sp³-hybridized carbons (Fsp3) is 0.667. The zero-order valence-electron chi connectivity index (χ0n) is 11.1. The second-order valence-corrected chi connectivity index (χ2v) is 6.21. The zero-order chi connectivity index (χ0) is 13.5. The summed E-state index contributed by atoms with van der Waals surface area (Å²) in [6.45, 7) is 11.0. The summed E-state index contributed by atoms with van der Waals surface area (Å²) >= 11 is 0. The second-order valence-electron chi connectivity index (χ2n) is 3.93. The number of hydrogen-bond acceptors (Lipinski definition) is 4. The Morgan fingerprint density at radius 1 is 1.35 bits per heavy atom. The molecule has 1 unspecified atom stereocenters. The Labute approximate surface area is 104 Å². The van der Waals surface area contributed by atoms with Crippen LogP contribution in [-0.2, 0) is 13.6 Å². The van der Waals surface area contributed by atoms with Gasteiger partial charge >= 0.3 is 7.60 Å². The van der Waals surface area contributed by atoms with Crippen LogP contribution in [0.4, 0.5) is 0 Å². The highest BCUT2D eigenvalue weighted by Crippen LogP contribution is 2.61. The maximum atomic E-state index is 12.6. The van der Waals surface area contributed by atoms with Gasteiger partial charge in [0, 0.05) is 6.42 Å². The fourth-order valence-corrected chi connectivity index (χ4v) is 3.50. The molecule has 0 saturated carbocycles. The Kier molecular flexibility index (Phi) is 6.95. The molecule has 0 bridgehead atoms. The molecule has 0 aromatic heterocycles. The molecule has 0 rings (SSSR count). The van der Waals surface area contributed by atoms with Crippen LogP contribution in [0.5, 0.6) is 0 Å². The summed E-state index contributed by atoms with van der Waals surface area (Å²) in [5.74, 6) is 0. The first kappa shape index (κ1) is 16.6. The molecule has 0 aliphatic heterocycles.